The Kier molecular flexibility index (Phi) is 4.98. The van der Waals surface area contributed by atoms with E-state index in [4.69, 9.17) is 5.73 Å². The van der Waals surface area contributed by atoms with Crippen LogP contribution in [0.1, 0.15) is 17.9 Å². The Balaban J connectivity index is 2.99. The quantitative estimate of drug-likeness (QED) is 0.786. The molecule has 18 heavy (non-hydrogen) atoms. The molecule has 6 heteroatoms. The summed E-state index contributed by atoms with van der Waals surface area (Å²) < 4.78 is 34.8. The number of halogens is 1. The second-order valence-electron chi connectivity index (χ2n) is 4.14. The van der Waals surface area contributed by atoms with Crippen molar-refractivity contribution in [3.63, 3.8) is 0 Å². The van der Waals surface area contributed by atoms with Gasteiger partial charge in [-0.2, -0.15) is 0 Å². The van der Waals surface area contributed by atoms with Gasteiger partial charge in [0.2, 0.25) is 0 Å². The first-order valence-electron chi connectivity index (χ1n) is 5.47. The molecule has 0 spiro atoms. The molecular formula is C12H16FNO3S. The van der Waals surface area contributed by atoms with E-state index in [9.17, 15) is 17.6 Å². The predicted molar refractivity (Wildman–Crippen MR) is 66.9 cm³/mol. The van der Waals surface area contributed by atoms with Crippen molar-refractivity contribution in [1.82, 2.24) is 0 Å². The van der Waals surface area contributed by atoms with Crippen LogP contribution in [0.15, 0.2) is 29.2 Å². The van der Waals surface area contributed by atoms with E-state index in [0.29, 0.717) is 11.8 Å². The molecule has 2 N–H and O–H groups in total. The number of nitrogens with two attached hydrogens (primary N) is 1. The van der Waals surface area contributed by atoms with Crippen LogP contribution in [-0.4, -0.2) is 33.7 Å². The Labute approximate surface area is 106 Å². The van der Waals surface area contributed by atoms with Gasteiger partial charge in [0, 0.05) is 12.3 Å². The third-order valence-electron chi connectivity index (χ3n) is 2.74. The van der Waals surface area contributed by atoms with Crippen LogP contribution in [0.2, 0.25) is 0 Å². The van der Waals surface area contributed by atoms with Crippen molar-refractivity contribution in [3.05, 3.63) is 29.8 Å². The molecule has 0 radical (unpaired) electrons. The SMILES string of the molecule is CS(=O)(=O)c1ccc([C@@H](C=O)[C@H](N)CCF)cc1. The minimum absolute atomic E-state index is 0.0945. The predicted octanol–water partition coefficient (Wildman–Crippen LogP) is 1.06. The monoisotopic (exact) mass is 273 g/mol. The van der Waals surface area contributed by atoms with Gasteiger partial charge in [-0.05, 0) is 24.1 Å². The maximum atomic E-state index is 12.2. The van der Waals surface area contributed by atoms with Gasteiger partial charge in [0.1, 0.15) is 6.29 Å². The molecule has 100 valence electrons. The molecule has 0 bridgehead atoms. The summed E-state index contributed by atoms with van der Waals surface area (Å²) in [4.78, 5) is 11.2. The second-order valence-corrected chi connectivity index (χ2v) is 6.16. The second kappa shape index (κ2) is 6.06. The number of carbonyl (C=O) groups excluding carboxylic acids is 1. The molecule has 0 saturated carbocycles. The van der Waals surface area contributed by atoms with Gasteiger partial charge in [-0.3, -0.25) is 4.39 Å². The van der Waals surface area contributed by atoms with Crippen LogP contribution < -0.4 is 5.73 Å². The van der Waals surface area contributed by atoms with Crippen molar-refractivity contribution in [3.8, 4) is 0 Å². The van der Waals surface area contributed by atoms with Gasteiger partial charge in [0.25, 0.3) is 0 Å². The minimum atomic E-state index is -3.26. The molecule has 2 atom stereocenters. The highest BCUT2D eigenvalue weighted by molar-refractivity contribution is 7.90. The van der Waals surface area contributed by atoms with E-state index >= 15 is 0 Å². The van der Waals surface area contributed by atoms with Gasteiger partial charge in [0.15, 0.2) is 9.84 Å². The van der Waals surface area contributed by atoms with Crippen LogP contribution >= 0.6 is 0 Å². The number of sulfone groups is 1. The summed E-state index contributed by atoms with van der Waals surface area (Å²) in [6.45, 7) is -0.590. The van der Waals surface area contributed by atoms with Crippen molar-refractivity contribution in [2.45, 2.75) is 23.3 Å². The van der Waals surface area contributed by atoms with Crippen LogP contribution in [0.3, 0.4) is 0 Å². The van der Waals surface area contributed by atoms with Gasteiger partial charge in [0.05, 0.1) is 17.5 Å². The van der Waals surface area contributed by atoms with Crippen molar-refractivity contribution < 1.29 is 17.6 Å². The highest BCUT2D eigenvalue weighted by Gasteiger charge is 2.19. The lowest BCUT2D eigenvalue weighted by molar-refractivity contribution is -0.109. The fourth-order valence-electron chi connectivity index (χ4n) is 1.67. The van der Waals surface area contributed by atoms with E-state index in [1.54, 1.807) is 0 Å². The maximum absolute atomic E-state index is 12.2. The van der Waals surface area contributed by atoms with Crippen molar-refractivity contribution >= 4 is 16.1 Å². The Morgan fingerprint density at radius 3 is 2.28 bits per heavy atom. The Bertz CT molecular complexity index is 499. The van der Waals surface area contributed by atoms with Crippen molar-refractivity contribution in [1.29, 1.82) is 0 Å². The molecule has 0 heterocycles. The first kappa shape index (κ1) is 14.8. The summed E-state index contributed by atoms with van der Waals surface area (Å²) in [6.07, 6.45) is 1.86. The molecule has 1 rings (SSSR count). The normalized spacial score (nSPS) is 15.1. The highest BCUT2D eigenvalue weighted by Crippen LogP contribution is 2.20. The molecule has 1 aromatic rings. The van der Waals surface area contributed by atoms with E-state index < -0.39 is 28.5 Å². The summed E-state index contributed by atoms with van der Waals surface area (Å²) in [5.74, 6) is -0.616. The van der Waals surface area contributed by atoms with Crippen molar-refractivity contribution in [2.24, 2.45) is 5.73 Å². The van der Waals surface area contributed by atoms with E-state index in [1.807, 2.05) is 0 Å². The first-order chi connectivity index (χ1) is 8.40. The molecule has 0 aliphatic carbocycles. The fraction of sp³-hybridized carbons (Fsp3) is 0.417. The lowest BCUT2D eigenvalue weighted by Crippen LogP contribution is -2.30. The number of carbonyl (C=O) groups is 1. The number of alkyl halides is 1. The standard InChI is InChI=1S/C12H16FNO3S/c1-18(16,17)10-4-2-9(3-5-10)11(8-15)12(14)6-7-13/h2-5,8,11-12H,6-7,14H2,1H3/t11-,12-/m1/s1. The number of hydrogen-bond acceptors (Lipinski definition) is 4. The third-order valence-corrected chi connectivity index (χ3v) is 3.87. The summed E-state index contributed by atoms with van der Waals surface area (Å²) in [5.41, 5.74) is 6.30. The summed E-state index contributed by atoms with van der Waals surface area (Å²) >= 11 is 0. The van der Waals surface area contributed by atoms with Gasteiger partial charge in [-0.25, -0.2) is 8.42 Å². The summed E-state index contributed by atoms with van der Waals surface area (Å²) in [6, 6.07) is 5.31. The number of rotatable bonds is 6. The average Bonchev–Trinajstić information content (AvgIpc) is 2.30. The van der Waals surface area contributed by atoms with E-state index in [0.717, 1.165) is 6.26 Å². The van der Waals surface area contributed by atoms with Crippen LogP contribution in [0, 0.1) is 0 Å². The Hall–Kier alpha value is -1.27. The molecule has 0 amide bonds. The molecule has 0 aromatic heterocycles. The molecule has 0 aliphatic heterocycles. The zero-order valence-electron chi connectivity index (χ0n) is 10.0. The molecule has 1 aromatic carbocycles. The van der Waals surface area contributed by atoms with Gasteiger partial charge in [-0.15, -0.1) is 0 Å². The zero-order chi connectivity index (χ0) is 13.8. The largest absolute Gasteiger partial charge is 0.327 e. The third kappa shape index (κ3) is 3.61. The molecular weight excluding hydrogens is 257 g/mol. The Morgan fingerprint density at radius 2 is 1.89 bits per heavy atom. The number of hydrogen-bond donors (Lipinski definition) is 1. The molecule has 4 nitrogen and oxygen atoms in total. The number of benzene rings is 1. The molecule has 0 fully saturated rings. The van der Waals surface area contributed by atoms with E-state index in [1.165, 1.54) is 24.3 Å². The zero-order valence-corrected chi connectivity index (χ0v) is 10.9. The summed E-state index contributed by atoms with van der Waals surface area (Å²) in [7, 11) is -3.26. The highest BCUT2D eigenvalue weighted by atomic mass is 32.2. The van der Waals surface area contributed by atoms with Gasteiger partial charge >= 0.3 is 0 Å². The summed E-state index contributed by atoms with van der Waals surface area (Å²) in [5, 5.41) is 0. The van der Waals surface area contributed by atoms with Crippen LogP contribution in [0.5, 0.6) is 0 Å². The van der Waals surface area contributed by atoms with E-state index in [2.05, 4.69) is 0 Å². The molecule has 0 aliphatic rings. The fourth-order valence-corrected chi connectivity index (χ4v) is 2.30. The molecule has 0 unspecified atom stereocenters. The van der Waals surface area contributed by atoms with Crippen LogP contribution in [0.25, 0.3) is 0 Å². The first-order valence-corrected chi connectivity index (χ1v) is 7.36. The van der Waals surface area contributed by atoms with Crippen LogP contribution in [-0.2, 0) is 14.6 Å². The lowest BCUT2D eigenvalue weighted by atomic mass is 9.92. The molecule has 0 saturated heterocycles. The van der Waals surface area contributed by atoms with Crippen molar-refractivity contribution in [2.75, 3.05) is 12.9 Å². The maximum Gasteiger partial charge on any atom is 0.175 e. The Morgan fingerprint density at radius 1 is 1.33 bits per heavy atom. The van der Waals surface area contributed by atoms with Gasteiger partial charge in [-0.1, -0.05) is 12.1 Å². The lowest BCUT2D eigenvalue weighted by Gasteiger charge is -2.17. The smallest absolute Gasteiger partial charge is 0.175 e. The van der Waals surface area contributed by atoms with E-state index in [-0.39, 0.29) is 11.3 Å². The topological polar surface area (TPSA) is 77.2 Å². The minimum Gasteiger partial charge on any atom is -0.327 e. The van der Waals surface area contributed by atoms with Gasteiger partial charge < -0.3 is 10.5 Å². The van der Waals surface area contributed by atoms with Crippen LogP contribution in [0.4, 0.5) is 4.39 Å². The number of aldehydes is 1. The average molecular weight is 273 g/mol.